The molecule has 0 atom stereocenters. The van der Waals surface area contributed by atoms with E-state index in [2.05, 4.69) is 72.8 Å². The van der Waals surface area contributed by atoms with Crippen molar-refractivity contribution in [3.8, 4) is 0 Å². The van der Waals surface area contributed by atoms with Crippen LogP contribution < -0.4 is 0 Å². The number of hydrogen-bond donors (Lipinski definition) is 1. The molecule has 10 aromatic rings. The first-order valence-corrected chi connectivity index (χ1v) is 17.0. The number of ether oxygens (including phenoxy) is 1. The highest BCUT2D eigenvalue weighted by atomic mass is 16.5. The quantitative estimate of drug-likeness (QED) is 0.117. The van der Waals surface area contributed by atoms with Crippen LogP contribution in [0.2, 0.25) is 0 Å². The second-order valence-corrected chi connectivity index (χ2v) is 13.5. The number of esters is 1. The van der Waals surface area contributed by atoms with E-state index in [-0.39, 0.29) is 11.9 Å². The molecule has 0 spiro atoms. The molecule has 0 aliphatic heterocycles. The summed E-state index contributed by atoms with van der Waals surface area (Å²) in [6, 6.07) is 45.4. The summed E-state index contributed by atoms with van der Waals surface area (Å²) in [5.74, 6) is -0.995. The molecule has 0 aliphatic rings. The molecule has 0 radical (unpaired) electrons. The minimum atomic E-state index is -0.939. The topological polar surface area (TPSA) is 63.6 Å². The van der Waals surface area contributed by atoms with Crippen LogP contribution in [0.5, 0.6) is 0 Å². The third-order valence-corrected chi connectivity index (χ3v) is 10.0. The van der Waals surface area contributed by atoms with Crippen molar-refractivity contribution in [1.29, 1.82) is 0 Å². The Bertz CT molecular complexity index is 2760. The molecule has 0 bridgehead atoms. The van der Waals surface area contributed by atoms with Gasteiger partial charge in [0.25, 0.3) is 0 Å². The van der Waals surface area contributed by atoms with Gasteiger partial charge < -0.3 is 9.84 Å². The molecule has 0 fully saturated rings. The van der Waals surface area contributed by atoms with E-state index in [4.69, 9.17) is 4.74 Å². The molecule has 0 saturated heterocycles. The number of fused-ring (bicyclic) bond motifs is 4. The largest absolute Gasteiger partial charge is 0.478 e. The maximum atomic E-state index is 12.8. The van der Waals surface area contributed by atoms with Crippen molar-refractivity contribution >= 4 is 98.1 Å². The molecule has 1 N–H and O–H groups in total. The zero-order valence-electron chi connectivity index (χ0n) is 27.7. The van der Waals surface area contributed by atoms with E-state index in [0.717, 1.165) is 43.1 Å². The van der Waals surface area contributed by atoms with Crippen LogP contribution in [0.3, 0.4) is 0 Å². The van der Waals surface area contributed by atoms with E-state index >= 15 is 0 Å². The normalized spacial score (nSPS) is 11.9. The molecule has 10 aromatic carbocycles. The molecule has 0 aliphatic carbocycles. The van der Waals surface area contributed by atoms with Gasteiger partial charge in [-0.05, 0) is 104 Å². The summed E-state index contributed by atoms with van der Waals surface area (Å²) in [5, 5.41) is 28.0. The van der Waals surface area contributed by atoms with Crippen molar-refractivity contribution in [3.63, 3.8) is 0 Å². The molecular formula is C46H32O4. The Kier molecular flexibility index (Phi) is 6.82. The highest BCUT2D eigenvalue weighted by Crippen LogP contribution is 2.42. The first-order chi connectivity index (χ1) is 24.4. The Morgan fingerprint density at radius 1 is 0.460 bits per heavy atom. The average molecular weight is 649 g/mol. The number of carbonyl (C=O) groups is 2. The average Bonchev–Trinajstić information content (AvgIpc) is 3.14. The molecule has 240 valence electrons. The summed E-state index contributed by atoms with van der Waals surface area (Å²) in [7, 11) is 0. The Morgan fingerprint density at radius 2 is 0.800 bits per heavy atom. The maximum Gasteiger partial charge on any atom is 0.338 e. The lowest BCUT2D eigenvalue weighted by molar-refractivity contribution is 0.0461. The molecule has 10 rings (SSSR count). The summed E-state index contributed by atoms with van der Waals surface area (Å²) >= 11 is 0. The minimum absolute atomic E-state index is 0.266. The second kappa shape index (κ2) is 11.4. The van der Waals surface area contributed by atoms with Gasteiger partial charge in [-0.3, -0.25) is 0 Å². The number of benzene rings is 10. The summed E-state index contributed by atoms with van der Waals surface area (Å²) < 4.78 is 5.49. The molecule has 0 amide bonds. The van der Waals surface area contributed by atoms with Crippen LogP contribution >= 0.6 is 0 Å². The summed E-state index contributed by atoms with van der Waals surface area (Å²) in [5.41, 5.74) is 0.842. The zero-order valence-corrected chi connectivity index (χ0v) is 27.7. The smallest absolute Gasteiger partial charge is 0.338 e. The van der Waals surface area contributed by atoms with Crippen LogP contribution in [-0.2, 0) is 4.74 Å². The fourth-order valence-corrected chi connectivity index (χ4v) is 7.98. The van der Waals surface area contributed by atoms with Crippen LogP contribution in [0.4, 0.5) is 0 Å². The number of rotatable bonds is 4. The third kappa shape index (κ3) is 4.45. The SMILES string of the molecule is CC(C)COC(=O)c1ccc2c3cccc4c(C(=O)O)ccc(c5cccc1c52)c43.c1cc2cccc3c4cccc5cccc(c(c1)c23)c54. The van der Waals surface area contributed by atoms with Crippen molar-refractivity contribution in [1.82, 2.24) is 0 Å². The summed E-state index contributed by atoms with van der Waals surface area (Å²) in [4.78, 5) is 24.5. The lowest BCUT2D eigenvalue weighted by Crippen LogP contribution is -2.10. The lowest BCUT2D eigenvalue weighted by Gasteiger charge is -2.17. The van der Waals surface area contributed by atoms with E-state index < -0.39 is 5.97 Å². The van der Waals surface area contributed by atoms with Gasteiger partial charge >= 0.3 is 11.9 Å². The van der Waals surface area contributed by atoms with E-state index in [1.54, 1.807) is 6.07 Å². The summed E-state index contributed by atoms with van der Waals surface area (Å²) in [6.45, 7) is 4.39. The minimum Gasteiger partial charge on any atom is -0.478 e. The monoisotopic (exact) mass is 648 g/mol. The highest BCUT2D eigenvalue weighted by Gasteiger charge is 2.20. The predicted molar refractivity (Wildman–Crippen MR) is 207 cm³/mol. The third-order valence-electron chi connectivity index (χ3n) is 10.0. The number of carboxylic acids is 1. The number of carboxylic acid groups (broad SMARTS) is 1. The molecule has 0 saturated carbocycles. The van der Waals surface area contributed by atoms with E-state index in [1.165, 1.54) is 43.1 Å². The van der Waals surface area contributed by atoms with E-state index in [1.807, 2.05) is 68.4 Å². The summed E-state index contributed by atoms with van der Waals surface area (Å²) in [6.07, 6.45) is 0. The van der Waals surface area contributed by atoms with Gasteiger partial charge in [0, 0.05) is 0 Å². The van der Waals surface area contributed by atoms with E-state index in [9.17, 15) is 14.7 Å². The number of carbonyl (C=O) groups excluding carboxylic acids is 1. The van der Waals surface area contributed by atoms with Crippen LogP contribution in [0.1, 0.15) is 34.6 Å². The molecule has 4 nitrogen and oxygen atoms in total. The molecule has 0 heterocycles. The highest BCUT2D eigenvalue weighted by molar-refractivity contribution is 6.36. The number of aromatic carboxylic acids is 1. The molecular weight excluding hydrogens is 617 g/mol. The first kappa shape index (κ1) is 29.8. The van der Waals surface area contributed by atoms with Crippen LogP contribution in [0, 0.1) is 5.92 Å². The molecule has 50 heavy (non-hydrogen) atoms. The van der Waals surface area contributed by atoms with Crippen LogP contribution in [0.15, 0.2) is 133 Å². The fourth-order valence-electron chi connectivity index (χ4n) is 7.98. The van der Waals surface area contributed by atoms with Crippen LogP contribution in [0.25, 0.3) is 86.2 Å². The van der Waals surface area contributed by atoms with Gasteiger partial charge in [-0.15, -0.1) is 0 Å². The maximum absolute atomic E-state index is 12.8. The Hall–Kier alpha value is -6.26. The number of hydrogen-bond acceptors (Lipinski definition) is 3. The molecule has 0 aromatic heterocycles. The second-order valence-electron chi connectivity index (χ2n) is 13.5. The van der Waals surface area contributed by atoms with Gasteiger partial charge in [0.05, 0.1) is 17.7 Å². The standard InChI is InChI=1S/C26H20O4.C20H12/c1-14(2)13-30-26(29)22-12-10-20-15-5-3-7-17-21(25(27)28)11-9-19(23(15)17)16-6-4-8-18(22)24(16)20;1-5-13-6-2-11-17-18-12-4-8-14-7-3-10-16(20(14)18)15(9-1)19(13)17/h3-12,14H,13H2,1-2H3,(H,27,28);1-12H. The van der Waals surface area contributed by atoms with Crippen molar-refractivity contribution in [2.75, 3.05) is 6.61 Å². The van der Waals surface area contributed by atoms with Crippen LogP contribution in [-0.4, -0.2) is 23.7 Å². The molecule has 0 unspecified atom stereocenters. The van der Waals surface area contributed by atoms with Gasteiger partial charge in [-0.2, -0.15) is 0 Å². The predicted octanol–water partition coefficient (Wildman–Crippen LogP) is 12.0. The van der Waals surface area contributed by atoms with Crippen molar-refractivity contribution in [2.24, 2.45) is 5.92 Å². The lowest BCUT2D eigenvalue weighted by atomic mass is 9.87. The van der Waals surface area contributed by atoms with Crippen molar-refractivity contribution < 1.29 is 19.4 Å². The molecule has 4 heteroatoms. The van der Waals surface area contributed by atoms with Gasteiger partial charge in [-0.25, -0.2) is 9.59 Å². The van der Waals surface area contributed by atoms with E-state index in [0.29, 0.717) is 17.7 Å². The van der Waals surface area contributed by atoms with Crippen molar-refractivity contribution in [3.05, 3.63) is 145 Å². The van der Waals surface area contributed by atoms with Gasteiger partial charge in [-0.1, -0.05) is 135 Å². The fraction of sp³-hybridized carbons (Fsp3) is 0.0870. The van der Waals surface area contributed by atoms with Crippen molar-refractivity contribution in [2.45, 2.75) is 13.8 Å². The zero-order chi connectivity index (χ0) is 34.1. The Labute approximate surface area is 287 Å². The first-order valence-electron chi connectivity index (χ1n) is 17.0. The Balaban J connectivity index is 0.000000145. The van der Waals surface area contributed by atoms with Gasteiger partial charge in [0.1, 0.15) is 0 Å². The van der Waals surface area contributed by atoms with Gasteiger partial charge in [0.15, 0.2) is 0 Å². The Morgan fingerprint density at radius 3 is 1.22 bits per heavy atom. The van der Waals surface area contributed by atoms with Gasteiger partial charge in [0.2, 0.25) is 0 Å².